The fourth-order valence-corrected chi connectivity index (χ4v) is 5.95. The summed E-state index contributed by atoms with van der Waals surface area (Å²) in [7, 11) is 0. The second kappa shape index (κ2) is 12.6. The Morgan fingerprint density at radius 3 is 2.67 bits per heavy atom. The zero-order valence-corrected chi connectivity index (χ0v) is 24.1. The first-order chi connectivity index (χ1) is 19.0. The van der Waals surface area contributed by atoms with Gasteiger partial charge in [-0.25, -0.2) is 4.98 Å². The summed E-state index contributed by atoms with van der Waals surface area (Å²) in [6, 6.07) is 10.6. The van der Waals surface area contributed by atoms with Crippen LogP contribution in [0.4, 0.5) is 19.0 Å². The van der Waals surface area contributed by atoms with Crippen LogP contribution in [0, 0.1) is 12.8 Å². The van der Waals surface area contributed by atoms with Gasteiger partial charge >= 0.3 is 12.1 Å². The number of aromatic nitrogens is 1. The van der Waals surface area contributed by atoms with Crippen molar-refractivity contribution in [3.05, 3.63) is 69.2 Å². The number of carbonyl (C=O) groups is 2. The van der Waals surface area contributed by atoms with Crippen LogP contribution in [-0.2, 0) is 11.0 Å². The molecule has 0 saturated carbocycles. The second-order valence-corrected chi connectivity index (χ2v) is 11.3. The lowest BCUT2D eigenvalue weighted by Gasteiger charge is -2.34. The maximum Gasteiger partial charge on any atom is 0.416 e. The molecule has 1 aliphatic heterocycles. The number of rotatable bonds is 9. The molecule has 10 heteroatoms. The summed E-state index contributed by atoms with van der Waals surface area (Å²) in [5.74, 6) is -1.11. The molecule has 2 N–H and O–H groups in total. The minimum absolute atomic E-state index is 0.0322. The molecular formula is C30H33BrF3N3O3. The smallest absolute Gasteiger partial charge is 0.416 e. The molecule has 214 valence electrons. The molecule has 2 heterocycles. The number of carboxylic acids is 1. The number of halogens is 4. The number of hydrogen-bond donors (Lipinski definition) is 2. The minimum Gasteiger partial charge on any atom is -0.481 e. The van der Waals surface area contributed by atoms with Gasteiger partial charge in [0.2, 0.25) is 0 Å². The number of piperidine rings is 1. The first kappa shape index (κ1) is 29.8. The molecule has 1 amide bonds. The van der Waals surface area contributed by atoms with E-state index < -0.39 is 29.5 Å². The van der Waals surface area contributed by atoms with E-state index >= 15 is 0 Å². The summed E-state index contributed by atoms with van der Waals surface area (Å²) >= 11 is 3.47. The van der Waals surface area contributed by atoms with E-state index in [9.17, 15) is 27.9 Å². The predicted molar refractivity (Wildman–Crippen MR) is 153 cm³/mol. The number of anilines is 1. The molecule has 0 bridgehead atoms. The quantitative estimate of drug-likeness (QED) is 0.262. The number of alkyl halides is 3. The van der Waals surface area contributed by atoms with Crippen molar-refractivity contribution in [2.24, 2.45) is 5.92 Å². The molecule has 40 heavy (non-hydrogen) atoms. The van der Waals surface area contributed by atoms with Gasteiger partial charge in [0.05, 0.1) is 16.6 Å². The highest BCUT2D eigenvalue weighted by atomic mass is 79.9. The Hall–Kier alpha value is -3.14. The summed E-state index contributed by atoms with van der Waals surface area (Å²) < 4.78 is 42.1. The SMILES string of the molecule is CC[C@H]1CCCN(c2nc3ccc(Br)cc3c(C(=O)NC[C@H](CCC(=O)O)c3ccccc3C(F)(F)F)c2C)C1. The molecule has 2 aromatic carbocycles. The van der Waals surface area contributed by atoms with Gasteiger partial charge in [0.15, 0.2) is 0 Å². The number of benzene rings is 2. The first-order valence-electron chi connectivity index (χ1n) is 13.5. The number of nitrogens with one attached hydrogen (secondary N) is 1. The molecule has 1 aromatic heterocycles. The molecule has 2 atom stereocenters. The minimum atomic E-state index is -4.61. The standard InChI is InChI=1S/C30H33BrF3N3O3/c1-3-19-7-6-14-37(17-19)28-18(2)27(23-15-21(31)11-12-25(23)36-28)29(40)35-16-20(10-13-26(38)39)22-8-4-5-9-24(22)30(32,33)34/h4-5,8-9,11-12,15,19-20H,3,6-7,10,13-14,16-17H2,1-2H3,(H,35,40)(H,38,39)/t19-,20-/m0/s1. The molecule has 1 saturated heterocycles. The summed E-state index contributed by atoms with van der Waals surface area (Å²) in [6.07, 6.45) is -1.75. The average molecular weight is 621 g/mol. The molecule has 6 nitrogen and oxygen atoms in total. The highest BCUT2D eigenvalue weighted by Crippen LogP contribution is 2.37. The van der Waals surface area contributed by atoms with Crippen molar-refractivity contribution in [3.63, 3.8) is 0 Å². The number of aliphatic carboxylic acids is 1. The molecule has 1 fully saturated rings. The van der Waals surface area contributed by atoms with Crippen LogP contribution in [0.3, 0.4) is 0 Å². The number of fused-ring (bicyclic) bond motifs is 1. The third-order valence-corrected chi connectivity index (χ3v) is 8.20. The normalized spacial score (nSPS) is 16.6. The lowest BCUT2D eigenvalue weighted by atomic mass is 9.89. The van der Waals surface area contributed by atoms with Crippen LogP contribution in [0.1, 0.15) is 72.0 Å². The zero-order chi connectivity index (χ0) is 29.0. The van der Waals surface area contributed by atoms with Crippen molar-refractivity contribution in [2.75, 3.05) is 24.5 Å². The lowest BCUT2D eigenvalue weighted by molar-refractivity contribution is -0.138. The maximum absolute atomic E-state index is 13.8. The van der Waals surface area contributed by atoms with Gasteiger partial charge < -0.3 is 15.3 Å². The molecule has 3 aromatic rings. The lowest BCUT2D eigenvalue weighted by Crippen LogP contribution is -2.37. The van der Waals surface area contributed by atoms with Crippen LogP contribution < -0.4 is 10.2 Å². The first-order valence-corrected chi connectivity index (χ1v) is 14.3. The summed E-state index contributed by atoms with van der Waals surface area (Å²) in [5, 5.41) is 12.7. The van der Waals surface area contributed by atoms with E-state index in [4.69, 9.17) is 4.98 Å². The second-order valence-electron chi connectivity index (χ2n) is 10.4. The number of hydrogen-bond acceptors (Lipinski definition) is 4. The Labute approximate surface area is 240 Å². The van der Waals surface area contributed by atoms with Crippen LogP contribution in [0.15, 0.2) is 46.9 Å². The van der Waals surface area contributed by atoms with Crippen LogP contribution in [0.2, 0.25) is 0 Å². The van der Waals surface area contributed by atoms with Gasteiger partial charge in [-0.05, 0) is 61.9 Å². The topological polar surface area (TPSA) is 82.5 Å². The summed E-state index contributed by atoms with van der Waals surface area (Å²) in [5.41, 5.74) is 0.915. The van der Waals surface area contributed by atoms with Gasteiger partial charge in [-0.2, -0.15) is 13.2 Å². The van der Waals surface area contributed by atoms with Gasteiger partial charge in [-0.1, -0.05) is 47.5 Å². The van der Waals surface area contributed by atoms with E-state index in [0.717, 1.165) is 48.7 Å². The molecule has 4 rings (SSSR count). The number of pyridine rings is 1. The van der Waals surface area contributed by atoms with Gasteiger partial charge in [0, 0.05) is 47.4 Å². The van der Waals surface area contributed by atoms with Crippen molar-refractivity contribution in [1.82, 2.24) is 10.3 Å². The van der Waals surface area contributed by atoms with Crippen LogP contribution in [0.25, 0.3) is 10.9 Å². The van der Waals surface area contributed by atoms with Crippen LogP contribution in [-0.4, -0.2) is 41.6 Å². The van der Waals surface area contributed by atoms with E-state index in [1.165, 1.54) is 18.2 Å². The molecule has 0 radical (unpaired) electrons. The van der Waals surface area contributed by atoms with Crippen molar-refractivity contribution in [3.8, 4) is 0 Å². The monoisotopic (exact) mass is 619 g/mol. The molecule has 0 spiro atoms. The van der Waals surface area contributed by atoms with Gasteiger partial charge in [-0.15, -0.1) is 0 Å². The maximum atomic E-state index is 13.8. The Morgan fingerprint density at radius 2 is 1.98 bits per heavy atom. The van der Waals surface area contributed by atoms with Crippen LogP contribution in [0.5, 0.6) is 0 Å². The third-order valence-electron chi connectivity index (χ3n) is 7.71. The Balaban J connectivity index is 1.70. The summed E-state index contributed by atoms with van der Waals surface area (Å²) in [6.45, 7) is 5.56. The highest BCUT2D eigenvalue weighted by Gasteiger charge is 2.35. The fraction of sp³-hybridized carbons (Fsp3) is 0.433. The van der Waals surface area contributed by atoms with Gasteiger partial charge in [0.1, 0.15) is 5.82 Å². The molecule has 0 unspecified atom stereocenters. The highest BCUT2D eigenvalue weighted by molar-refractivity contribution is 9.10. The summed E-state index contributed by atoms with van der Waals surface area (Å²) in [4.78, 5) is 32.2. The van der Waals surface area contributed by atoms with E-state index in [0.29, 0.717) is 27.9 Å². The Morgan fingerprint density at radius 1 is 1.23 bits per heavy atom. The molecule has 1 aliphatic rings. The van der Waals surface area contributed by atoms with E-state index in [2.05, 4.69) is 33.1 Å². The Kier molecular flexibility index (Phi) is 9.38. The average Bonchev–Trinajstić information content (AvgIpc) is 2.92. The third kappa shape index (κ3) is 6.77. The number of nitrogens with zero attached hydrogens (tertiary/aromatic N) is 2. The van der Waals surface area contributed by atoms with E-state index in [-0.39, 0.29) is 24.9 Å². The van der Waals surface area contributed by atoms with E-state index in [1.54, 1.807) is 0 Å². The van der Waals surface area contributed by atoms with Gasteiger partial charge in [-0.3, -0.25) is 9.59 Å². The van der Waals surface area contributed by atoms with Crippen LogP contribution >= 0.6 is 15.9 Å². The van der Waals surface area contributed by atoms with Gasteiger partial charge in [0.25, 0.3) is 5.91 Å². The fourth-order valence-electron chi connectivity index (χ4n) is 5.59. The predicted octanol–water partition coefficient (Wildman–Crippen LogP) is 7.33. The van der Waals surface area contributed by atoms with Crippen molar-refractivity contribution in [2.45, 2.75) is 58.0 Å². The van der Waals surface area contributed by atoms with Crippen molar-refractivity contribution < 1.29 is 27.9 Å². The number of carbonyl (C=O) groups excluding carboxylic acids is 1. The molecular weight excluding hydrogens is 587 g/mol. The molecule has 0 aliphatic carbocycles. The number of amides is 1. The zero-order valence-electron chi connectivity index (χ0n) is 22.5. The van der Waals surface area contributed by atoms with Crippen molar-refractivity contribution in [1.29, 1.82) is 0 Å². The van der Waals surface area contributed by atoms with E-state index in [1.807, 2.05) is 25.1 Å². The van der Waals surface area contributed by atoms with Crippen molar-refractivity contribution >= 4 is 44.5 Å². The number of carboxylic acid groups (broad SMARTS) is 1. The Bertz CT molecular complexity index is 1400. The largest absolute Gasteiger partial charge is 0.481 e.